The fraction of sp³-hybridized carbons (Fsp3) is 0.167. The van der Waals surface area contributed by atoms with E-state index in [1.165, 1.54) is 30.1 Å². The van der Waals surface area contributed by atoms with Crippen LogP contribution in [0.1, 0.15) is 5.56 Å². The van der Waals surface area contributed by atoms with Gasteiger partial charge >= 0.3 is 5.97 Å². The molecule has 0 saturated heterocycles. The zero-order valence-corrected chi connectivity index (χ0v) is 11.5. The predicted octanol–water partition coefficient (Wildman–Crippen LogP) is 0.848. The van der Waals surface area contributed by atoms with Gasteiger partial charge in [0.05, 0.1) is 12.6 Å². The molecule has 106 valence electrons. The molecule has 2 aromatic rings. The second kappa shape index (κ2) is 5.33. The van der Waals surface area contributed by atoms with E-state index in [9.17, 15) is 13.2 Å². The molecule has 0 aliphatic carbocycles. The molecule has 0 spiro atoms. The number of benzene rings is 1. The van der Waals surface area contributed by atoms with Gasteiger partial charge in [0.15, 0.2) is 5.03 Å². The van der Waals surface area contributed by atoms with E-state index in [4.69, 9.17) is 5.11 Å². The van der Waals surface area contributed by atoms with E-state index in [0.717, 1.165) is 0 Å². The van der Waals surface area contributed by atoms with Crippen LogP contribution in [0.2, 0.25) is 0 Å². The maximum Gasteiger partial charge on any atom is 0.307 e. The Morgan fingerprint density at radius 3 is 2.75 bits per heavy atom. The molecule has 0 saturated carbocycles. The molecule has 1 aromatic heterocycles. The molecule has 0 aliphatic heterocycles. The summed E-state index contributed by atoms with van der Waals surface area (Å²) in [7, 11) is -2.22. The minimum atomic E-state index is -3.74. The van der Waals surface area contributed by atoms with E-state index in [1.54, 1.807) is 18.2 Å². The number of nitrogens with zero attached hydrogens (tertiary/aromatic N) is 2. The first-order valence-corrected chi connectivity index (χ1v) is 7.18. The summed E-state index contributed by atoms with van der Waals surface area (Å²) in [6, 6.07) is 7.64. The van der Waals surface area contributed by atoms with Gasteiger partial charge in [-0.3, -0.25) is 14.2 Å². The Balaban J connectivity index is 2.26. The van der Waals surface area contributed by atoms with Crippen LogP contribution in [-0.4, -0.2) is 29.3 Å². The third-order valence-corrected chi connectivity index (χ3v) is 4.04. The average Bonchev–Trinajstić information content (AvgIpc) is 2.75. The molecule has 1 heterocycles. The number of carboxylic acid groups (broad SMARTS) is 1. The van der Waals surface area contributed by atoms with Crippen molar-refractivity contribution in [2.45, 2.75) is 11.4 Å². The molecule has 0 unspecified atom stereocenters. The quantitative estimate of drug-likeness (QED) is 0.851. The minimum absolute atomic E-state index is 0.0288. The predicted molar refractivity (Wildman–Crippen MR) is 71.8 cm³/mol. The lowest BCUT2D eigenvalue weighted by Crippen LogP contribution is -2.16. The molecule has 0 amide bonds. The Hall–Kier alpha value is -2.35. The molecule has 2 N–H and O–H groups in total. The highest BCUT2D eigenvalue weighted by Gasteiger charge is 2.18. The van der Waals surface area contributed by atoms with Crippen LogP contribution in [-0.2, 0) is 28.3 Å². The molecule has 20 heavy (non-hydrogen) atoms. The lowest BCUT2D eigenvalue weighted by Gasteiger charge is -2.09. The summed E-state index contributed by atoms with van der Waals surface area (Å²) in [5.74, 6) is -0.975. The van der Waals surface area contributed by atoms with E-state index in [0.29, 0.717) is 11.3 Å². The summed E-state index contributed by atoms with van der Waals surface area (Å²) in [6.45, 7) is 0. The number of carbonyl (C=O) groups is 1. The monoisotopic (exact) mass is 295 g/mol. The molecule has 0 atom stereocenters. The van der Waals surface area contributed by atoms with Gasteiger partial charge in [-0.2, -0.15) is 13.5 Å². The average molecular weight is 295 g/mol. The zero-order chi connectivity index (χ0) is 14.8. The van der Waals surface area contributed by atoms with Crippen molar-refractivity contribution >= 4 is 21.7 Å². The third kappa shape index (κ3) is 3.15. The van der Waals surface area contributed by atoms with Crippen molar-refractivity contribution in [3.05, 3.63) is 42.1 Å². The highest BCUT2D eigenvalue weighted by Crippen LogP contribution is 2.16. The lowest BCUT2D eigenvalue weighted by molar-refractivity contribution is -0.136. The first-order chi connectivity index (χ1) is 9.38. The third-order valence-electron chi connectivity index (χ3n) is 2.59. The maximum atomic E-state index is 12.1. The molecule has 8 heteroatoms. The van der Waals surface area contributed by atoms with Crippen molar-refractivity contribution in [1.29, 1.82) is 0 Å². The Morgan fingerprint density at radius 2 is 2.15 bits per heavy atom. The van der Waals surface area contributed by atoms with Gasteiger partial charge in [-0.1, -0.05) is 12.1 Å². The number of hydrogen-bond donors (Lipinski definition) is 2. The van der Waals surface area contributed by atoms with E-state index in [2.05, 4.69) is 9.82 Å². The van der Waals surface area contributed by atoms with Crippen LogP contribution in [0.25, 0.3) is 0 Å². The number of nitrogens with one attached hydrogen (secondary N) is 1. The number of aromatic nitrogens is 2. The number of anilines is 1. The number of hydrogen-bond acceptors (Lipinski definition) is 4. The van der Waals surface area contributed by atoms with Gasteiger partial charge in [0.1, 0.15) is 0 Å². The molecule has 0 fully saturated rings. The molecule has 0 radical (unpaired) electrons. The van der Waals surface area contributed by atoms with Gasteiger partial charge in [0.25, 0.3) is 10.0 Å². The van der Waals surface area contributed by atoms with Crippen LogP contribution in [0.15, 0.2) is 41.6 Å². The van der Waals surface area contributed by atoms with Crippen molar-refractivity contribution in [3.63, 3.8) is 0 Å². The molecule has 7 nitrogen and oxygen atoms in total. The summed E-state index contributed by atoms with van der Waals surface area (Å²) in [4.78, 5) is 10.6. The van der Waals surface area contributed by atoms with E-state index >= 15 is 0 Å². The Labute approximate surface area is 115 Å². The second-order valence-electron chi connectivity index (χ2n) is 4.17. The van der Waals surface area contributed by atoms with Crippen LogP contribution in [0.5, 0.6) is 0 Å². The molecular weight excluding hydrogens is 282 g/mol. The van der Waals surface area contributed by atoms with Crippen LogP contribution in [0.3, 0.4) is 0 Å². The van der Waals surface area contributed by atoms with Gasteiger partial charge in [0.2, 0.25) is 0 Å². The molecule has 0 aliphatic rings. The standard InChI is InChI=1S/C12H13N3O4S/c1-15-11(5-6-13-15)20(18,19)14-10-4-2-3-9(7-10)8-12(16)17/h2-7,14H,8H2,1H3,(H,16,17). The maximum absolute atomic E-state index is 12.1. The van der Waals surface area contributed by atoms with Gasteiger partial charge in [-0.05, 0) is 23.8 Å². The first kappa shape index (κ1) is 14.1. The summed E-state index contributed by atoms with van der Waals surface area (Å²) in [6.07, 6.45) is 1.22. The first-order valence-electron chi connectivity index (χ1n) is 5.70. The molecular formula is C12H13N3O4S. The highest BCUT2D eigenvalue weighted by molar-refractivity contribution is 7.92. The number of sulfonamides is 1. The van der Waals surface area contributed by atoms with Crippen molar-refractivity contribution in [2.75, 3.05) is 4.72 Å². The van der Waals surface area contributed by atoms with E-state index in [-0.39, 0.29) is 11.4 Å². The summed E-state index contributed by atoms with van der Waals surface area (Å²) >= 11 is 0. The lowest BCUT2D eigenvalue weighted by atomic mass is 10.1. The number of aryl methyl sites for hydroxylation is 1. The summed E-state index contributed by atoms with van der Waals surface area (Å²) in [5.41, 5.74) is 0.827. The largest absolute Gasteiger partial charge is 0.481 e. The van der Waals surface area contributed by atoms with Crippen molar-refractivity contribution in [1.82, 2.24) is 9.78 Å². The summed E-state index contributed by atoms with van der Waals surface area (Å²) in [5, 5.41) is 12.6. The fourth-order valence-electron chi connectivity index (χ4n) is 1.75. The van der Waals surface area contributed by atoms with Crippen LogP contribution >= 0.6 is 0 Å². The second-order valence-corrected chi connectivity index (χ2v) is 5.80. The van der Waals surface area contributed by atoms with Crippen molar-refractivity contribution in [2.24, 2.45) is 7.05 Å². The number of rotatable bonds is 5. The van der Waals surface area contributed by atoms with Gasteiger partial charge in [-0.15, -0.1) is 0 Å². The van der Waals surface area contributed by atoms with Gasteiger partial charge in [-0.25, -0.2) is 0 Å². The highest BCUT2D eigenvalue weighted by atomic mass is 32.2. The minimum Gasteiger partial charge on any atom is -0.481 e. The molecule has 2 rings (SSSR count). The van der Waals surface area contributed by atoms with Crippen LogP contribution < -0.4 is 4.72 Å². The summed E-state index contributed by atoms with van der Waals surface area (Å²) < 4.78 is 27.9. The van der Waals surface area contributed by atoms with Crippen LogP contribution in [0, 0.1) is 0 Å². The van der Waals surface area contributed by atoms with Crippen molar-refractivity contribution < 1.29 is 18.3 Å². The Kier molecular flexibility index (Phi) is 3.75. The van der Waals surface area contributed by atoms with E-state index in [1.807, 2.05) is 0 Å². The van der Waals surface area contributed by atoms with Crippen LogP contribution in [0.4, 0.5) is 5.69 Å². The van der Waals surface area contributed by atoms with E-state index < -0.39 is 16.0 Å². The Morgan fingerprint density at radius 1 is 1.40 bits per heavy atom. The smallest absolute Gasteiger partial charge is 0.307 e. The van der Waals surface area contributed by atoms with Gasteiger partial charge in [0, 0.05) is 12.7 Å². The zero-order valence-electron chi connectivity index (χ0n) is 10.6. The molecule has 1 aromatic carbocycles. The molecule has 0 bridgehead atoms. The normalized spacial score (nSPS) is 11.2. The topological polar surface area (TPSA) is 101 Å². The SMILES string of the molecule is Cn1nccc1S(=O)(=O)Nc1cccc(CC(=O)O)c1. The van der Waals surface area contributed by atoms with Gasteiger partial charge < -0.3 is 5.11 Å². The number of carboxylic acids is 1. The van der Waals surface area contributed by atoms with Crippen molar-refractivity contribution in [3.8, 4) is 0 Å². The number of aliphatic carboxylic acids is 1. The fourth-order valence-corrected chi connectivity index (χ4v) is 2.93. The Bertz CT molecular complexity index is 737.